The van der Waals surface area contributed by atoms with E-state index in [1.54, 1.807) is 43.3 Å². The maximum Gasteiger partial charge on any atom is 0.340 e. The lowest BCUT2D eigenvalue weighted by Gasteiger charge is -2.15. The fraction of sp³-hybridized carbons (Fsp3) is 0.269. The number of hydrogen-bond acceptors (Lipinski definition) is 5. The fourth-order valence-electron chi connectivity index (χ4n) is 4.65. The average Bonchev–Trinajstić information content (AvgIpc) is 3.17. The molecule has 2 heterocycles. The minimum atomic E-state index is -1.21. The molecule has 0 saturated heterocycles. The van der Waals surface area contributed by atoms with E-state index >= 15 is 0 Å². The van der Waals surface area contributed by atoms with Gasteiger partial charge in [-0.15, -0.1) is 0 Å². The molecule has 0 unspecified atom stereocenters. The molecule has 1 amide bonds. The Morgan fingerprint density at radius 3 is 2.52 bits per heavy atom. The molecule has 0 bridgehead atoms. The van der Waals surface area contributed by atoms with Crippen LogP contribution in [0.15, 0.2) is 56.1 Å². The number of carbonyl (C=O) groups excluding carboxylic acids is 1. The highest BCUT2D eigenvalue weighted by molar-refractivity contribution is 5.97. The zero-order chi connectivity index (χ0) is 23.1. The number of fused-ring (bicyclic) bond motifs is 4. The Kier molecular flexibility index (Phi) is 5.24. The standard InChI is InChI=1S/C26H23NO6/c1-14-17-11-19-16-9-5-6-10-20(16)32-22(19)13-21(17)33-26(31)18(14)12-23(28)27-24(25(29)30)15-7-3-2-4-8-15/h2-4,7-8,11,13,24H,5-6,9-10,12H2,1H3,(H,27,28)(H,29,30)/t24-/m1/s1. The minimum absolute atomic E-state index is 0.217. The number of aliphatic carboxylic acids is 1. The zero-order valence-electron chi connectivity index (χ0n) is 18.1. The Bertz CT molecular complexity index is 1450. The summed E-state index contributed by atoms with van der Waals surface area (Å²) in [4.78, 5) is 37.2. The van der Waals surface area contributed by atoms with E-state index in [2.05, 4.69) is 5.32 Å². The highest BCUT2D eigenvalue weighted by Gasteiger charge is 2.24. The molecule has 1 atom stereocenters. The second-order valence-electron chi connectivity index (χ2n) is 8.47. The summed E-state index contributed by atoms with van der Waals surface area (Å²) in [6, 6.07) is 10.9. The van der Waals surface area contributed by atoms with Crippen LogP contribution in [0.25, 0.3) is 21.9 Å². The molecule has 0 fully saturated rings. The van der Waals surface area contributed by atoms with Crippen LogP contribution in [0, 0.1) is 6.92 Å². The average molecular weight is 445 g/mol. The van der Waals surface area contributed by atoms with Crippen molar-refractivity contribution in [3.63, 3.8) is 0 Å². The van der Waals surface area contributed by atoms with Crippen molar-refractivity contribution in [2.75, 3.05) is 0 Å². The minimum Gasteiger partial charge on any atom is -0.479 e. The first-order valence-electron chi connectivity index (χ1n) is 11.0. The number of nitrogens with one attached hydrogen (secondary N) is 1. The number of carboxylic acid groups (broad SMARTS) is 1. The molecule has 2 N–H and O–H groups in total. The molecule has 2 aromatic heterocycles. The van der Waals surface area contributed by atoms with Crippen LogP contribution in [-0.4, -0.2) is 17.0 Å². The lowest BCUT2D eigenvalue weighted by Crippen LogP contribution is -2.35. The van der Waals surface area contributed by atoms with Crippen molar-refractivity contribution in [3.05, 3.63) is 80.9 Å². The van der Waals surface area contributed by atoms with E-state index in [4.69, 9.17) is 8.83 Å². The van der Waals surface area contributed by atoms with Gasteiger partial charge in [-0.05, 0) is 43.4 Å². The molecule has 0 radical (unpaired) electrons. The summed E-state index contributed by atoms with van der Waals surface area (Å²) in [7, 11) is 0. The van der Waals surface area contributed by atoms with Gasteiger partial charge in [0.25, 0.3) is 0 Å². The third-order valence-corrected chi connectivity index (χ3v) is 6.39. The maximum absolute atomic E-state index is 12.7. The molecule has 1 aliphatic rings. The Morgan fingerprint density at radius 1 is 1.03 bits per heavy atom. The Balaban J connectivity index is 1.50. The summed E-state index contributed by atoms with van der Waals surface area (Å²) in [5.74, 6) is -0.751. The van der Waals surface area contributed by atoms with E-state index < -0.39 is 23.5 Å². The van der Waals surface area contributed by atoms with Gasteiger partial charge in [-0.2, -0.15) is 0 Å². The van der Waals surface area contributed by atoms with E-state index in [1.807, 2.05) is 6.07 Å². The molecular weight excluding hydrogens is 422 g/mol. The molecule has 2 aromatic carbocycles. The number of carbonyl (C=O) groups is 2. The van der Waals surface area contributed by atoms with Crippen molar-refractivity contribution < 1.29 is 23.5 Å². The SMILES string of the molecule is Cc1c(CC(=O)N[C@@H](C(=O)O)c2ccccc2)c(=O)oc2cc3oc4c(c3cc12)CCCC4. The normalized spacial score (nSPS) is 14.2. The molecule has 1 aliphatic carbocycles. The van der Waals surface area contributed by atoms with Gasteiger partial charge in [-0.1, -0.05) is 30.3 Å². The summed E-state index contributed by atoms with van der Waals surface area (Å²) >= 11 is 0. The van der Waals surface area contributed by atoms with Gasteiger partial charge in [0.1, 0.15) is 16.9 Å². The largest absolute Gasteiger partial charge is 0.479 e. The van der Waals surface area contributed by atoms with E-state index in [0.29, 0.717) is 22.3 Å². The molecule has 7 heteroatoms. The van der Waals surface area contributed by atoms with Crippen molar-refractivity contribution >= 4 is 33.8 Å². The predicted octanol–water partition coefficient (Wildman–Crippen LogP) is 4.21. The predicted molar refractivity (Wildman–Crippen MR) is 122 cm³/mol. The van der Waals surface area contributed by atoms with Crippen LogP contribution in [0.3, 0.4) is 0 Å². The summed E-state index contributed by atoms with van der Waals surface area (Å²) in [6.07, 6.45) is 3.79. The first-order chi connectivity index (χ1) is 15.9. The number of hydrogen-bond donors (Lipinski definition) is 2. The Hall–Kier alpha value is -3.87. The topological polar surface area (TPSA) is 110 Å². The third-order valence-electron chi connectivity index (χ3n) is 6.39. The highest BCUT2D eigenvalue weighted by atomic mass is 16.4. The molecule has 168 valence electrons. The fourth-order valence-corrected chi connectivity index (χ4v) is 4.65. The van der Waals surface area contributed by atoms with Crippen LogP contribution >= 0.6 is 0 Å². The van der Waals surface area contributed by atoms with Gasteiger partial charge in [-0.25, -0.2) is 9.59 Å². The smallest absolute Gasteiger partial charge is 0.340 e. The molecule has 33 heavy (non-hydrogen) atoms. The number of amides is 1. The number of carboxylic acids is 1. The Morgan fingerprint density at radius 2 is 1.76 bits per heavy atom. The van der Waals surface area contributed by atoms with Crippen molar-refractivity contribution in [1.29, 1.82) is 0 Å². The zero-order valence-corrected chi connectivity index (χ0v) is 18.1. The number of rotatable bonds is 5. The first-order valence-corrected chi connectivity index (χ1v) is 11.0. The van der Waals surface area contributed by atoms with Crippen LogP contribution in [0.4, 0.5) is 0 Å². The van der Waals surface area contributed by atoms with E-state index in [0.717, 1.165) is 42.2 Å². The monoisotopic (exact) mass is 445 g/mol. The quantitative estimate of drug-likeness (QED) is 0.445. The van der Waals surface area contributed by atoms with E-state index in [1.165, 1.54) is 5.56 Å². The van der Waals surface area contributed by atoms with Gasteiger partial charge < -0.3 is 19.3 Å². The van der Waals surface area contributed by atoms with Gasteiger partial charge in [0.2, 0.25) is 5.91 Å². The molecule has 0 saturated carbocycles. The van der Waals surface area contributed by atoms with Gasteiger partial charge in [-0.3, -0.25) is 4.79 Å². The van der Waals surface area contributed by atoms with Gasteiger partial charge in [0, 0.05) is 28.8 Å². The summed E-state index contributed by atoms with van der Waals surface area (Å²) in [6.45, 7) is 1.78. The van der Waals surface area contributed by atoms with Gasteiger partial charge >= 0.3 is 11.6 Å². The van der Waals surface area contributed by atoms with Crippen LogP contribution in [0.5, 0.6) is 0 Å². The van der Waals surface area contributed by atoms with Crippen LogP contribution < -0.4 is 10.9 Å². The first kappa shape index (κ1) is 21.0. The molecule has 4 aromatic rings. The van der Waals surface area contributed by atoms with Crippen molar-refractivity contribution in [1.82, 2.24) is 5.32 Å². The summed E-state index contributed by atoms with van der Waals surface area (Å²) in [5.41, 5.74) is 3.02. The lowest BCUT2D eigenvalue weighted by molar-refractivity contribution is -0.142. The third kappa shape index (κ3) is 3.80. The number of furan rings is 1. The van der Waals surface area contributed by atoms with Crippen LogP contribution in [0.1, 0.15) is 46.9 Å². The molecular formula is C26H23NO6. The molecule has 7 nitrogen and oxygen atoms in total. The highest BCUT2D eigenvalue weighted by Crippen LogP contribution is 2.35. The van der Waals surface area contributed by atoms with Crippen LogP contribution in [0.2, 0.25) is 0 Å². The van der Waals surface area contributed by atoms with Crippen LogP contribution in [-0.2, 0) is 28.9 Å². The van der Waals surface area contributed by atoms with Gasteiger partial charge in [0.15, 0.2) is 6.04 Å². The van der Waals surface area contributed by atoms with E-state index in [-0.39, 0.29) is 12.0 Å². The van der Waals surface area contributed by atoms with Gasteiger partial charge in [0.05, 0.1) is 12.0 Å². The van der Waals surface area contributed by atoms with Crippen molar-refractivity contribution in [2.24, 2.45) is 0 Å². The second kappa shape index (κ2) is 8.24. The second-order valence-corrected chi connectivity index (χ2v) is 8.47. The number of benzene rings is 2. The molecule has 0 spiro atoms. The van der Waals surface area contributed by atoms with Crippen molar-refractivity contribution in [3.8, 4) is 0 Å². The Labute approximate surface area is 189 Å². The molecule has 0 aliphatic heterocycles. The van der Waals surface area contributed by atoms with E-state index in [9.17, 15) is 19.5 Å². The summed E-state index contributed by atoms with van der Waals surface area (Å²) < 4.78 is 11.5. The summed E-state index contributed by atoms with van der Waals surface area (Å²) in [5, 5.41) is 13.8. The molecule has 5 rings (SSSR count). The number of aryl methyl sites for hydroxylation is 3. The maximum atomic E-state index is 12.7. The lowest BCUT2D eigenvalue weighted by atomic mass is 9.94. The van der Waals surface area contributed by atoms with Crippen molar-refractivity contribution in [2.45, 2.75) is 45.1 Å².